The van der Waals surface area contributed by atoms with Crippen LogP contribution < -0.4 is 5.73 Å². The smallest absolute Gasteiger partial charge is 0.162 e. The molecule has 2 aromatic heterocycles. The molecule has 3 N–H and O–H groups in total. The first-order valence-corrected chi connectivity index (χ1v) is 7.58. The molecule has 0 aromatic carbocycles. The Labute approximate surface area is 139 Å². The number of aromatic nitrogens is 3. The summed E-state index contributed by atoms with van der Waals surface area (Å²) in [6, 6.07) is 1.18. The summed E-state index contributed by atoms with van der Waals surface area (Å²) in [6.07, 6.45) is 4.94. The van der Waals surface area contributed by atoms with Gasteiger partial charge in [0.25, 0.3) is 0 Å². The zero-order valence-electron chi connectivity index (χ0n) is 13.9. The van der Waals surface area contributed by atoms with Crippen molar-refractivity contribution in [2.45, 2.75) is 27.2 Å². The third-order valence-corrected chi connectivity index (χ3v) is 3.51. The van der Waals surface area contributed by atoms with Gasteiger partial charge in [-0.15, -0.1) is 0 Å². The quantitative estimate of drug-likeness (QED) is 0.629. The maximum Gasteiger partial charge on any atom is 0.162 e. The summed E-state index contributed by atoms with van der Waals surface area (Å²) >= 11 is 0. The van der Waals surface area contributed by atoms with E-state index in [9.17, 15) is 9.18 Å². The fourth-order valence-corrected chi connectivity index (χ4v) is 2.25. The summed E-state index contributed by atoms with van der Waals surface area (Å²) in [5.41, 5.74) is 9.38. The van der Waals surface area contributed by atoms with Crippen LogP contribution in [0.5, 0.6) is 0 Å². The molecule has 0 aliphatic carbocycles. The van der Waals surface area contributed by atoms with Gasteiger partial charge in [-0.1, -0.05) is 0 Å². The molecular weight excluding hydrogens is 309 g/mol. The fraction of sp³-hybridized carbons (Fsp3) is 0.294. The molecule has 0 amide bonds. The molecule has 2 heterocycles. The maximum atomic E-state index is 13.4. The Morgan fingerprint density at radius 1 is 1.42 bits per heavy atom. The number of aliphatic imine (C=N–C) groups is 1. The molecule has 0 fully saturated rings. The van der Waals surface area contributed by atoms with E-state index in [2.05, 4.69) is 20.2 Å². The molecule has 0 atom stereocenters. The van der Waals surface area contributed by atoms with Crippen LogP contribution in [0.2, 0.25) is 0 Å². The van der Waals surface area contributed by atoms with Crippen molar-refractivity contribution in [3.8, 4) is 11.4 Å². The number of nitrogens with one attached hydrogen (secondary N) is 1. The molecule has 0 radical (unpaired) electrons. The van der Waals surface area contributed by atoms with Gasteiger partial charge >= 0.3 is 0 Å². The number of hydrogen-bond acceptors (Lipinski definition) is 5. The van der Waals surface area contributed by atoms with Crippen LogP contribution in [-0.2, 0) is 6.42 Å². The van der Waals surface area contributed by atoms with Gasteiger partial charge in [-0.25, -0.2) is 4.39 Å². The van der Waals surface area contributed by atoms with Gasteiger partial charge in [0.05, 0.1) is 23.8 Å². The third-order valence-electron chi connectivity index (χ3n) is 3.51. The average molecular weight is 329 g/mol. The molecule has 126 valence electrons. The number of aromatic amines is 1. The Hall–Kier alpha value is -2.83. The van der Waals surface area contributed by atoms with Crippen LogP contribution in [0.1, 0.15) is 36.7 Å². The molecule has 0 bridgehead atoms. The summed E-state index contributed by atoms with van der Waals surface area (Å²) in [4.78, 5) is 20.1. The number of carbonyl (C=O) groups excluding carboxylic acids is 1. The van der Waals surface area contributed by atoms with E-state index in [0.717, 1.165) is 17.3 Å². The number of nitrogens with two attached hydrogens (primary N) is 1. The molecule has 0 saturated carbocycles. The highest BCUT2D eigenvalue weighted by molar-refractivity contribution is 5.99. The number of allylic oxidation sites excluding steroid dienone is 2. The average Bonchev–Trinajstić information content (AvgIpc) is 2.99. The van der Waals surface area contributed by atoms with Crippen LogP contribution in [0.4, 0.5) is 4.39 Å². The molecule has 0 saturated heterocycles. The fourth-order valence-electron chi connectivity index (χ4n) is 2.25. The summed E-state index contributed by atoms with van der Waals surface area (Å²) in [5.74, 6) is -0.825. The van der Waals surface area contributed by atoms with Crippen molar-refractivity contribution in [3.05, 3.63) is 46.7 Å². The van der Waals surface area contributed by atoms with Crippen molar-refractivity contribution in [3.63, 3.8) is 0 Å². The van der Waals surface area contributed by atoms with Crippen LogP contribution in [0.3, 0.4) is 0 Å². The molecule has 2 aromatic rings. The van der Waals surface area contributed by atoms with E-state index in [1.807, 2.05) is 6.92 Å². The lowest BCUT2D eigenvalue weighted by atomic mass is 10.00. The van der Waals surface area contributed by atoms with Crippen molar-refractivity contribution in [1.82, 2.24) is 15.2 Å². The lowest BCUT2D eigenvalue weighted by Crippen LogP contribution is -2.05. The number of carbonyl (C=O) groups is 1. The van der Waals surface area contributed by atoms with Crippen LogP contribution in [-0.4, -0.2) is 33.7 Å². The molecule has 0 aliphatic heterocycles. The zero-order chi connectivity index (χ0) is 17.7. The number of hydrogen-bond donors (Lipinski definition) is 2. The number of halogens is 1. The lowest BCUT2D eigenvalue weighted by molar-refractivity contribution is 0.101. The van der Waals surface area contributed by atoms with Crippen molar-refractivity contribution in [2.24, 2.45) is 10.7 Å². The van der Waals surface area contributed by atoms with Gasteiger partial charge in [0.2, 0.25) is 0 Å². The minimum atomic E-state index is -0.557. The second-order valence-electron chi connectivity index (χ2n) is 5.39. The maximum absolute atomic E-state index is 13.4. The van der Waals surface area contributed by atoms with Crippen molar-refractivity contribution in [1.29, 1.82) is 0 Å². The predicted octanol–water partition coefficient (Wildman–Crippen LogP) is 2.68. The molecule has 0 unspecified atom stereocenters. The molecule has 0 aliphatic rings. The van der Waals surface area contributed by atoms with E-state index in [-0.39, 0.29) is 11.3 Å². The second kappa shape index (κ2) is 7.63. The molecule has 2 rings (SSSR count). The largest absolute Gasteiger partial charge is 0.402 e. The SMILES string of the molecule is CCN=CC(Cc1cn[nH]c1-c1ncc(F)cc1C(C)=O)=C(C)N. The van der Waals surface area contributed by atoms with Crippen LogP contribution in [0.15, 0.2) is 34.7 Å². The van der Waals surface area contributed by atoms with Crippen LogP contribution in [0.25, 0.3) is 11.4 Å². The highest BCUT2D eigenvalue weighted by atomic mass is 19.1. The van der Waals surface area contributed by atoms with Crippen LogP contribution in [0, 0.1) is 5.82 Å². The topological polar surface area (TPSA) is 97.0 Å². The zero-order valence-corrected chi connectivity index (χ0v) is 13.9. The van der Waals surface area contributed by atoms with E-state index in [0.29, 0.717) is 30.1 Å². The number of ketones is 1. The molecule has 6 nitrogen and oxygen atoms in total. The number of nitrogens with zero attached hydrogens (tertiary/aromatic N) is 3. The Morgan fingerprint density at radius 3 is 2.79 bits per heavy atom. The standard InChI is InChI=1S/C17H20FN5O/c1-4-20-7-12(10(2)19)5-13-8-22-23-16(13)17-15(11(3)24)6-14(18)9-21-17/h6-9H,4-5,19H2,1-3H3,(H,22,23). The highest BCUT2D eigenvalue weighted by Gasteiger charge is 2.18. The molecule has 7 heteroatoms. The van der Waals surface area contributed by atoms with Crippen molar-refractivity contribution in [2.75, 3.05) is 6.54 Å². The van der Waals surface area contributed by atoms with Gasteiger partial charge in [0.1, 0.15) is 5.82 Å². The predicted molar refractivity (Wildman–Crippen MR) is 91.4 cm³/mol. The number of rotatable bonds is 6. The van der Waals surface area contributed by atoms with E-state index < -0.39 is 5.82 Å². The number of H-pyrrole nitrogens is 1. The Bertz CT molecular complexity index is 803. The summed E-state index contributed by atoms with van der Waals surface area (Å²) in [5, 5.41) is 6.88. The summed E-state index contributed by atoms with van der Waals surface area (Å²) in [6.45, 7) is 5.76. The number of Topliss-reactive ketones (excluding diaryl/α,β-unsaturated/α-hetero) is 1. The molecular formula is C17H20FN5O. The van der Waals surface area contributed by atoms with Gasteiger partial charge in [0.15, 0.2) is 5.78 Å². The Balaban J connectivity index is 2.47. The minimum Gasteiger partial charge on any atom is -0.402 e. The van der Waals surface area contributed by atoms with E-state index in [1.165, 1.54) is 13.0 Å². The van der Waals surface area contributed by atoms with Crippen molar-refractivity contribution >= 4 is 12.0 Å². The number of pyridine rings is 1. The van der Waals surface area contributed by atoms with E-state index in [4.69, 9.17) is 5.73 Å². The Kier molecular flexibility index (Phi) is 5.57. The van der Waals surface area contributed by atoms with Gasteiger partial charge in [-0.2, -0.15) is 5.10 Å². The normalized spacial score (nSPS) is 12.5. The Morgan fingerprint density at radius 2 is 2.17 bits per heavy atom. The minimum absolute atomic E-state index is 0.206. The van der Waals surface area contributed by atoms with Gasteiger partial charge in [-0.05, 0) is 32.4 Å². The van der Waals surface area contributed by atoms with Crippen LogP contribution >= 0.6 is 0 Å². The van der Waals surface area contributed by atoms with Crippen molar-refractivity contribution < 1.29 is 9.18 Å². The lowest BCUT2D eigenvalue weighted by Gasteiger charge is -2.08. The van der Waals surface area contributed by atoms with Gasteiger partial charge in [0, 0.05) is 36.0 Å². The highest BCUT2D eigenvalue weighted by Crippen LogP contribution is 2.25. The third kappa shape index (κ3) is 3.92. The molecule has 0 spiro atoms. The second-order valence-corrected chi connectivity index (χ2v) is 5.39. The molecule has 24 heavy (non-hydrogen) atoms. The monoisotopic (exact) mass is 329 g/mol. The summed E-state index contributed by atoms with van der Waals surface area (Å²) in [7, 11) is 0. The summed E-state index contributed by atoms with van der Waals surface area (Å²) < 4.78 is 13.4. The first-order valence-electron chi connectivity index (χ1n) is 7.58. The van der Waals surface area contributed by atoms with E-state index in [1.54, 1.807) is 19.3 Å². The first-order chi connectivity index (χ1) is 11.4. The first kappa shape index (κ1) is 17.5. The van der Waals surface area contributed by atoms with Gasteiger partial charge in [-0.3, -0.25) is 19.9 Å². The van der Waals surface area contributed by atoms with Gasteiger partial charge < -0.3 is 5.73 Å². The van der Waals surface area contributed by atoms with E-state index >= 15 is 0 Å².